The molecule has 4 nitrogen and oxygen atoms in total. The summed E-state index contributed by atoms with van der Waals surface area (Å²) in [7, 11) is 0. The van der Waals surface area contributed by atoms with Gasteiger partial charge in [-0.3, -0.25) is 0 Å². The number of hydrogen-bond donors (Lipinski definition) is 2. The number of morpholine rings is 1. The summed E-state index contributed by atoms with van der Waals surface area (Å²) in [6, 6.07) is 14.2. The lowest BCUT2D eigenvalue weighted by Gasteiger charge is -2.29. The van der Waals surface area contributed by atoms with Crippen molar-refractivity contribution in [1.82, 2.24) is 0 Å². The van der Waals surface area contributed by atoms with Crippen molar-refractivity contribution in [2.24, 2.45) is 0 Å². The highest BCUT2D eigenvalue weighted by molar-refractivity contribution is 9.10. The van der Waals surface area contributed by atoms with E-state index in [0.717, 1.165) is 47.8 Å². The SMILES string of the molecule is Nc1cc(Br)ccc1Nc1ccc(N2CCOCC2)cc1. The number of hydrogen-bond acceptors (Lipinski definition) is 4. The first-order chi connectivity index (χ1) is 10.2. The van der Waals surface area contributed by atoms with Gasteiger partial charge < -0.3 is 20.7 Å². The molecule has 1 aliphatic heterocycles. The number of halogens is 1. The largest absolute Gasteiger partial charge is 0.397 e. The van der Waals surface area contributed by atoms with E-state index < -0.39 is 0 Å². The molecule has 2 aromatic carbocycles. The van der Waals surface area contributed by atoms with Gasteiger partial charge in [0.25, 0.3) is 0 Å². The fraction of sp³-hybridized carbons (Fsp3) is 0.250. The molecule has 3 rings (SSSR count). The molecule has 3 N–H and O–H groups in total. The number of anilines is 4. The Kier molecular flexibility index (Phi) is 4.31. The summed E-state index contributed by atoms with van der Waals surface area (Å²) in [6.45, 7) is 3.50. The number of ether oxygens (including phenoxy) is 1. The molecule has 0 bridgehead atoms. The van der Waals surface area contributed by atoms with Crippen LogP contribution in [0.25, 0.3) is 0 Å². The summed E-state index contributed by atoms with van der Waals surface area (Å²) in [5.41, 5.74) is 9.90. The van der Waals surface area contributed by atoms with Gasteiger partial charge in [-0.05, 0) is 42.5 Å². The lowest BCUT2D eigenvalue weighted by atomic mass is 10.2. The number of benzene rings is 2. The van der Waals surface area contributed by atoms with E-state index in [4.69, 9.17) is 10.5 Å². The van der Waals surface area contributed by atoms with Gasteiger partial charge in [-0.15, -0.1) is 0 Å². The standard InChI is InChI=1S/C16H18BrN3O/c17-12-1-6-16(15(18)11-12)19-13-2-4-14(5-3-13)20-7-9-21-10-8-20/h1-6,11,19H,7-10,18H2. The molecular formula is C16H18BrN3O. The molecular weight excluding hydrogens is 330 g/mol. The van der Waals surface area contributed by atoms with Gasteiger partial charge in [0.2, 0.25) is 0 Å². The summed E-state index contributed by atoms with van der Waals surface area (Å²) in [6.07, 6.45) is 0. The van der Waals surface area contributed by atoms with E-state index in [1.165, 1.54) is 5.69 Å². The first kappa shape index (κ1) is 14.2. The van der Waals surface area contributed by atoms with Crippen molar-refractivity contribution in [2.75, 3.05) is 42.3 Å². The predicted molar refractivity (Wildman–Crippen MR) is 91.3 cm³/mol. The Labute approximate surface area is 133 Å². The van der Waals surface area contributed by atoms with Crippen LogP contribution in [0.15, 0.2) is 46.9 Å². The van der Waals surface area contributed by atoms with Crippen LogP contribution in [0.5, 0.6) is 0 Å². The zero-order valence-electron chi connectivity index (χ0n) is 11.7. The summed E-state index contributed by atoms with van der Waals surface area (Å²) < 4.78 is 6.35. The van der Waals surface area contributed by atoms with Crippen LogP contribution in [0, 0.1) is 0 Å². The zero-order valence-corrected chi connectivity index (χ0v) is 13.3. The molecule has 1 saturated heterocycles. The molecule has 21 heavy (non-hydrogen) atoms. The van der Waals surface area contributed by atoms with Crippen molar-refractivity contribution in [1.29, 1.82) is 0 Å². The minimum absolute atomic E-state index is 0.724. The molecule has 0 radical (unpaired) electrons. The molecule has 0 amide bonds. The van der Waals surface area contributed by atoms with Gasteiger partial charge in [0.1, 0.15) is 0 Å². The van der Waals surface area contributed by atoms with Crippen LogP contribution in [0.3, 0.4) is 0 Å². The van der Waals surface area contributed by atoms with Crippen LogP contribution in [0.1, 0.15) is 0 Å². The molecule has 0 saturated carbocycles. The second-order valence-electron chi connectivity index (χ2n) is 5.00. The van der Waals surface area contributed by atoms with Crippen LogP contribution in [0.4, 0.5) is 22.7 Å². The topological polar surface area (TPSA) is 50.5 Å². The highest BCUT2D eigenvalue weighted by Gasteiger charge is 2.10. The van der Waals surface area contributed by atoms with Crippen molar-refractivity contribution < 1.29 is 4.74 Å². The van der Waals surface area contributed by atoms with Crippen LogP contribution in [0.2, 0.25) is 0 Å². The molecule has 5 heteroatoms. The molecule has 2 aromatic rings. The molecule has 0 aromatic heterocycles. The lowest BCUT2D eigenvalue weighted by molar-refractivity contribution is 0.122. The van der Waals surface area contributed by atoms with Crippen LogP contribution in [-0.4, -0.2) is 26.3 Å². The molecule has 0 aliphatic carbocycles. The van der Waals surface area contributed by atoms with Crippen molar-refractivity contribution in [3.8, 4) is 0 Å². The molecule has 0 atom stereocenters. The number of nitrogens with two attached hydrogens (primary N) is 1. The Morgan fingerprint density at radius 2 is 1.76 bits per heavy atom. The van der Waals surface area contributed by atoms with Crippen LogP contribution < -0.4 is 16.0 Å². The summed E-state index contributed by atoms with van der Waals surface area (Å²) in [5.74, 6) is 0. The Morgan fingerprint density at radius 1 is 1.05 bits per heavy atom. The summed E-state index contributed by atoms with van der Waals surface area (Å²) in [5, 5.41) is 3.34. The number of rotatable bonds is 3. The molecule has 110 valence electrons. The summed E-state index contributed by atoms with van der Waals surface area (Å²) in [4.78, 5) is 2.33. The first-order valence-electron chi connectivity index (χ1n) is 6.97. The van der Waals surface area contributed by atoms with Crippen molar-refractivity contribution in [3.05, 3.63) is 46.9 Å². The Hall–Kier alpha value is -1.72. The van der Waals surface area contributed by atoms with Gasteiger partial charge in [-0.25, -0.2) is 0 Å². The number of nitrogen functional groups attached to an aromatic ring is 1. The number of nitrogens with zero attached hydrogens (tertiary/aromatic N) is 1. The normalized spacial score (nSPS) is 15.0. The van der Waals surface area contributed by atoms with E-state index in [0.29, 0.717) is 0 Å². The second-order valence-corrected chi connectivity index (χ2v) is 5.92. The van der Waals surface area contributed by atoms with Gasteiger partial charge >= 0.3 is 0 Å². The third kappa shape index (κ3) is 3.49. The van der Waals surface area contributed by atoms with Crippen LogP contribution >= 0.6 is 15.9 Å². The van der Waals surface area contributed by atoms with E-state index >= 15 is 0 Å². The van der Waals surface area contributed by atoms with Crippen molar-refractivity contribution in [3.63, 3.8) is 0 Å². The Balaban J connectivity index is 1.71. The van der Waals surface area contributed by atoms with E-state index in [1.54, 1.807) is 0 Å². The average Bonchev–Trinajstić information content (AvgIpc) is 2.52. The van der Waals surface area contributed by atoms with Gasteiger partial charge in [-0.1, -0.05) is 15.9 Å². The second kappa shape index (κ2) is 6.37. The minimum atomic E-state index is 0.724. The third-order valence-corrected chi connectivity index (χ3v) is 4.03. The molecule has 1 heterocycles. The molecule has 1 fully saturated rings. The number of nitrogens with one attached hydrogen (secondary N) is 1. The van der Waals surface area contributed by atoms with Crippen LogP contribution in [-0.2, 0) is 4.74 Å². The van der Waals surface area contributed by atoms with Crippen molar-refractivity contribution in [2.45, 2.75) is 0 Å². The first-order valence-corrected chi connectivity index (χ1v) is 7.76. The minimum Gasteiger partial charge on any atom is -0.397 e. The maximum absolute atomic E-state index is 6.00. The third-order valence-electron chi connectivity index (χ3n) is 3.54. The predicted octanol–water partition coefficient (Wildman–Crippen LogP) is 3.61. The van der Waals surface area contributed by atoms with Gasteiger partial charge in [0.15, 0.2) is 0 Å². The quantitative estimate of drug-likeness (QED) is 0.832. The van der Waals surface area contributed by atoms with Gasteiger partial charge in [0.05, 0.1) is 24.6 Å². The average molecular weight is 348 g/mol. The van der Waals surface area contributed by atoms with E-state index in [2.05, 4.69) is 50.4 Å². The smallest absolute Gasteiger partial charge is 0.0642 e. The molecule has 0 unspecified atom stereocenters. The van der Waals surface area contributed by atoms with E-state index in [-0.39, 0.29) is 0 Å². The Bertz CT molecular complexity index is 609. The van der Waals surface area contributed by atoms with Gasteiger partial charge in [0, 0.05) is 28.9 Å². The Morgan fingerprint density at radius 3 is 2.43 bits per heavy atom. The summed E-state index contributed by atoms with van der Waals surface area (Å²) >= 11 is 3.41. The maximum Gasteiger partial charge on any atom is 0.0642 e. The fourth-order valence-electron chi connectivity index (χ4n) is 2.38. The van der Waals surface area contributed by atoms with E-state index in [1.807, 2.05) is 18.2 Å². The van der Waals surface area contributed by atoms with Gasteiger partial charge in [-0.2, -0.15) is 0 Å². The monoisotopic (exact) mass is 347 g/mol. The highest BCUT2D eigenvalue weighted by atomic mass is 79.9. The lowest BCUT2D eigenvalue weighted by Crippen LogP contribution is -2.36. The molecule has 1 aliphatic rings. The van der Waals surface area contributed by atoms with Crippen molar-refractivity contribution >= 4 is 38.7 Å². The molecule has 0 spiro atoms. The van der Waals surface area contributed by atoms with E-state index in [9.17, 15) is 0 Å². The zero-order chi connectivity index (χ0) is 14.7. The highest BCUT2D eigenvalue weighted by Crippen LogP contribution is 2.27. The maximum atomic E-state index is 6.00. The fourth-order valence-corrected chi connectivity index (χ4v) is 2.76.